The van der Waals surface area contributed by atoms with Crippen LogP contribution in [0.4, 0.5) is 4.39 Å². The zero-order valence-corrected chi connectivity index (χ0v) is 16.2. The zero-order chi connectivity index (χ0) is 19.5. The molecule has 150 valence electrons. The van der Waals surface area contributed by atoms with Crippen molar-refractivity contribution >= 4 is 5.91 Å². The maximum atomic E-state index is 13.0. The summed E-state index contributed by atoms with van der Waals surface area (Å²) in [6.07, 6.45) is 3.00. The molecule has 28 heavy (non-hydrogen) atoms. The van der Waals surface area contributed by atoms with Gasteiger partial charge in [0, 0.05) is 38.5 Å². The van der Waals surface area contributed by atoms with Crippen LogP contribution in [-0.4, -0.2) is 70.3 Å². The average Bonchev–Trinajstić information content (AvgIpc) is 2.98. The SMILES string of the molecule is CN1CCC[C@@H](c2nnc3n2CCN(C(=O)COc2ccc(F)cc2)CC3)C1. The molecule has 2 aromatic rings. The highest BCUT2D eigenvalue weighted by Crippen LogP contribution is 2.26. The quantitative estimate of drug-likeness (QED) is 0.799. The van der Waals surface area contributed by atoms with E-state index in [0.717, 1.165) is 31.2 Å². The molecule has 0 aliphatic carbocycles. The number of ether oxygens (including phenoxy) is 1. The van der Waals surface area contributed by atoms with Crippen LogP contribution in [0.2, 0.25) is 0 Å². The van der Waals surface area contributed by atoms with Gasteiger partial charge >= 0.3 is 0 Å². The van der Waals surface area contributed by atoms with Gasteiger partial charge in [0.25, 0.3) is 5.91 Å². The van der Waals surface area contributed by atoms with Gasteiger partial charge in [-0.25, -0.2) is 4.39 Å². The van der Waals surface area contributed by atoms with Crippen molar-refractivity contribution in [2.75, 3.05) is 39.8 Å². The lowest BCUT2D eigenvalue weighted by molar-refractivity contribution is -0.133. The van der Waals surface area contributed by atoms with E-state index in [1.54, 1.807) is 0 Å². The molecule has 4 rings (SSSR count). The van der Waals surface area contributed by atoms with Gasteiger partial charge in [-0.3, -0.25) is 4.79 Å². The summed E-state index contributed by atoms with van der Waals surface area (Å²) in [6.45, 7) is 4.02. The third-order valence-corrected chi connectivity index (χ3v) is 5.57. The molecule has 0 bridgehead atoms. The molecule has 2 aliphatic rings. The predicted molar refractivity (Wildman–Crippen MR) is 102 cm³/mol. The number of halogens is 1. The van der Waals surface area contributed by atoms with Gasteiger partial charge in [-0.2, -0.15) is 0 Å². The van der Waals surface area contributed by atoms with Crippen molar-refractivity contribution in [3.05, 3.63) is 41.7 Å². The van der Waals surface area contributed by atoms with Crippen LogP contribution >= 0.6 is 0 Å². The minimum Gasteiger partial charge on any atom is -0.484 e. The van der Waals surface area contributed by atoms with Crippen LogP contribution in [0.25, 0.3) is 0 Å². The van der Waals surface area contributed by atoms with Gasteiger partial charge in [0.15, 0.2) is 6.61 Å². The monoisotopic (exact) mass is 387 g/mol. The van der Waals surface area contributed by atoms with Crippen molar-refractivity contribution in [2.24, 2.45) is 0 Å². The molecule has 1 atom stereocenters. The fourth-order valence-corrected chi connectivity index (χ4v) is 4.04. The number of nitrogens with zero attached hydrogens (tertiary/aromatic N) is 5. The van der Waals surface area contributed by atoms with Gasteiger partial charge in [-0.1, -0.05) is 0 Å². The topological polar surface area (TPSA) is 63.5 Å². The van der Waals surface area contributed by atoms with Crippen molar-refractivity contribution in [1.82, 2.24) is 24.6 Å². The number of likely N-dealkylation sites (tertiary alicyclic amines) is 1. The molecule has 0 saturated carbocycles. The van der Waals surface area contributed by atoms with Crippen molar-refractivity contribution in [3.8, 4) is 5.75 Å². The van der Waals surface area contributed by atoms with E-state index in [1.165, 1.54) is 30.7 Å². The summed E-state index contributed by atoms with van der Waals surface area (Å²) in [6, 6.07) is 5.70. The highest BCUT2D eigenvalue weighted by atomic mass is 19.1. The van der Waals surface area contributed by atoms with E-state index in [9.17, 15) is 9.18 Å². The smallest absolute Gasteiger partial charge is 0.260 e. The Labute approximate surface area is 164 Å². The number of fused-ring (bicyclic) bond motifs is 1. The van der Waals surface area contributed by atoms with E-state index in [-0.39, 0.29) is 18.3 Å². The van der Waals surface area contributed by atoms with Gasteiger partial charge in [0.1, 0.15) is 23.2 Å². The lowest BCUT2D eigenvalue weighted by Crippen LogP contribution is -2.37. The second-order valence-corrected chi connectivity index (χ2v) is 7.60. The first-order chi connectivity index (χ1) is 13.6. The van der Waals surface area contributed by atoms with Gasteiger partial charge in [-0.05, 0) is 50.7 Å². The van der Waals surface area contributed by atoms with Crippen LogP contribution in [0, 0.1) is 5.82 Å². The molecule has 7 nitrogen and oxygen atoms in total. The Morgan fingerprint density at radius 2 is 2.00 bits per heavy atom. The fourth-order valence-electron chi connectivity index (χ4n) is 4.04. The molecule has 0 spiro atoms. The van der Waals surface area contributed by atoms with Gasteiger partial charge < -0.3 is 19.1 Å². The highest BCUT2D eigenvalue weighted by molar-refractivity contribution is 5.77. The molecule has 2 aliphatic heterocycles. The summed E-state index contributed by atoms with van der Waals surface area (Å²) >= 11 is 0. The van der Waals surface area contributed by atoms with E-state index >= 15 is 0 Å². The lowest BCUT2D eigenvalue weighted by Gasteiger charge is -2.29. The van der Waals surface area contributed by atoms with E-state index < -0.39 is 0 Å². The molecule has 8 heteroatoms. The minimum atomic E-state index is -0.325. The maximum Gasteiger partial charge on any atom is 0.260 e. The van der Waals surface area contributed by atoms with Crippen LogP contribution in [0.15, 0.2) is 24.3 Å². The molecule has 0 unspecified atom stereocenters. The van der Waals surface area contributed by atoms with Crippen molar-refractivity contribution < 1.29 is 13.9 Å². The van der Waals surface area contributed by atoms with Gasteiger partial charge in [-0.15, -0.1) is 10.2 Å². The number of likely N-dealkylation sites (N-methyl/N-ethyl adjacent to an activating group) is 1. The normalized spacial score (nSPS) is 20.5. The highest BCUT2D eigenvalue weighted by Gasteiger charge is 2.28. The lowest BCUT2D eigenvalue weighted by atomic mass is 9.97. The summed E-state index contributed by atoms with van der Waals surface area (Å²) < 4.78 is 20.7. The van der Waals surface area contributed by atoms with Crippen LogP contribution in [0.1, 0.15) is 30.4 Å². The number of amides is 1. The van der Waals surface area contributed by atoms with E-state index in [2.05, 4.69) is 26.7 Å². The van der Waals surface area contributed by atoms with Crippen LogP contribution < -0.4 is 4.74 Å². The Bertz CT molecular complexity index is 823. The number of piperidine rings is 1. The third kappa shape index (κ3) is 4.16. The number of hydrogen-bond donors (Lipinski definition) is 0. The van der Waals surface area contributed by atoms with E-state index in [0.29, 0.717) is 37.7 Å². The molecule has 1 fully saturated rings. The van der Waals surface area contributed by atoms with E-state index in [1.807, 2.05) is 4.90 Å². The standard InChI is InChI=1S/C20H26FN5O2/c1-24-9-2-3-15(13-24)20-23-22-18-8-10-25(11-12-26(18)20)19(27)14-28-17-6-4-16(21)5-7-17/h4-7,15H,2-3,8-14H2,1H3/t15-/m1/s1. The molecule has 1 aromatic carbocycles. The maximum absolute atomic E-state index is 13.0. The van der Waals surface area contributed by atoms with Crippen molar-refractivity contribution in [3.63, 3.8) is 0 Å². The first kappa shape index (κ1) is 18.9. The van der Waals surface area contributed by atoms with E-state index in [4.69, 9.17) is 4.74 Å². The Hall–Kier alpha value is -2.48. The molecular formula is C20H26FN5O2. The Kier molecular flexibility index (Phi) is 5.57. The number of benzene rings is 1. The Balaban J connectivity index is 1.36. The van der Waals surface area contributed by atoms with Crippen LogP contribution in [0.3, 0.4) is 0 Å². The van der Waals surface area contributed by atoms with Crippen molar-refractivity contribution in [2.45, 2.75) is 31.7 Å². The van der Waals surface area contributed by atoms with Crippen molar-refractivity contribution in [1.29, 1.82) is 0 Å². The second kappa shape index (κ2) is 8.26. The number of carbonyl (C=O) groups is 1. The first-order valence-electron chi connectivity index (χ1n) is 9.87. The van der Waals surface area contributed by atoms with Crippen LogP contribution in [0.5, 0.6) is 5.75 Å². The average molecular weight is 387 g/mol. The number of rotatable bonds is 4. The molecule has 0 N–H and O–H groups in total. The first-order valence-corrected chi connectivity index (χ1v) is 9.87. The number of hydrogen-bond acceptors (Lipinski definition) is 5. The molecule has 3 heterocycles. The molecular weight excluding hydrogens is 361 g/mol. The number of carbonyl (C=O) groups excluding carboxylic acids is 1. The summed E-state index contributed by atoms with van der Waals surface area (Å²) in [5, 5.41) is 8.88. The molecule has 1 saturated heterocycles. The largest absolute Gasteiger partial charge is 0.484 e. The second-order valence-electron chi connectivity index (χ2n) is 7.60. The molecule has 1 aromatic heterocycles. The van der Waals surface area contributed by atoms with Gasteiger partial charge in [0.2, 0.25) is 0 Å². The zero-order valence-electron chi connectivity index (χ0n) is 16.2. The van der Waals surface area contributed by atoms with Gasteiger partial charge in [0.05, 0.1) is 0 Å². The van der Waals surface area contributed by atoms with Crippen LogP contribution in [-0.2, 0) is 17.8 Å². The Morgan fingerprint density at radius 3 is 2.79 bits per heavy atom. The predicted octanol–water partition coefficient (Wildman–Crippen LogP) is 1.69. The summed E-state index contributed by atoms with van der Waals surface area (Å²) in [5.41, 5.74) is 0. The number of aromatic nitrogens is 3. The summed E-state index contributed by atoms with van der Waals surface area (Å²) in [4.78, 5) is 16.7. The summed E-state index contributed by atoms with van der Waals surface area (Å²) in [5.74, 6) is 2.52. The summed E-state index contributed by atoms with van der Waals surface area (Å²) in [7, 11) is 2.15. The minimum absolute atomic E-state index is 0.0491. The Morgan fingerprint density at radius 1 is 1.18 bits per heavy atom. The molecule has 0 radical (unpaired) electrons. The fraction of sp³-hybridized carbons (Fsp3) is 0.550. The third-order valence-electron chi connectivity index (χ3n) is 5.57. The molecule has 1 amide bonds.